The number of hydrogen-bond acceptors (Lipinski definition) is 4. The number of nitrogen functional groups attached to an aromatic ring is 1. The molecule has 4 heteroatoms. The van der Waals surface area contributed by atoms with Gasteiger partial charge in [0.05, 0.1) is 5.69 Å². The highest BCUT2D eigenvalue weighted by Gasteiger charge is 2.19. The maximum Gasteiger partial charge on any atom is 0.152 e. The van der Waals surface area contributed by atoms with Gasteiger partial charge >= 0.3 is 0 Å². The van der Waals surface area contributed by atoms with E-state index in [9.17, 15) is 0 Å². The average molecular weight is 282 g/mol. The lowest BCUT2D eigenvalue weighted by Crippen LogP contribution is -2.46. The lowest BCUT2D eigenvalue weighted by Gasteiger charge is -2.36. The van der Waals surface area contributed by atoms with Crippen molar-refractivity contribution < 1.29 is 0 Å². The van der Waals surface area contributed by atoms with Gasteiger partial charge in [-0.2, -0.15) is 0 Å². The molecular weight excluding hydrogens is 260 g/mol. The summed E-state index contributed by atoms with van der Waals surface area (Å²) in [7, 11) is 0. The Morgan fingerprint density at radius 2 is 1.71 bits per heavy atom. The van der Waals surface area contributed by atoms with Crippen LogP contribution in [0.4, 0.5) is 11.5 Å². The van der Waals surface area contributed by atoms with E-state index in [1.165, 1.54) is 5.56 Å². The Morgan fingerprint density at radius 1 is 1.00 bits per heavy atom. The van der Waals surface area contributed by atoms with Crippen LogP contribution in [0.1, 0.15) is 11.3 Å². The van der Waals surface area contributed by atoms with Crippen molar-refractivity contribution in [3.05, 3.63) is 53.7 Å². The molecule has 2 N–H and O–H groups in total. The minimum absolute atomic E-state index is 0.775. The van der Waals surface area contributed by atoms with Crippen LogP contribution >= 0.6 is 0 Å². The lowest BCUT2D eigenvalue weighted by molar-refractivity contribution is 0.249. The fraction of sp³-hybridized carbons (Fsp3) is 0.353. The van der Waals surface area contributed by atoms with Crippen LogP contribution in [0.3, 0.4) is 0 Å². The van der Waals surface area contributed by atoms with Gasteiger partial charge < -0.3 is 10.6 Å². The van der Waals surface area contributed by atoms with Crippen molar-refractivity contribution >= 4 is 11.5 Å². The predicted octanol–water partition coefficient (Wildman–Crippen LogP) is 2.29. The molecule has 1 saturated heterocycles. The largest absolute Gasteiger partial charge is 0.396 e. The van der Waals surface area contributed by atoms with Gasteiger partial charge in [-0.3, -0.25) is 4.90 Å². The van der Waals surface area contributed by atoms with E-state index in [0.717, 1.165) is 49.9 Å². The van der Waals surface area contributed by atoms with Crippen LogP contribution in [0.25, 0.3) is 0 Å². The molecule has 1 aliphatic heterocycles. The van der Waals surface area contributed by atoms with E-state index < -0.39 is 0 Å². The van der Waals surface area contributed by atoms with Crippen molar-refractivity contribution in [2.45, 2.75) is 13.5 Å². The van der Waals surface area contributed by atoms with E-state index in [1.54, 1.807) is 0 Å². The van der Waals surface area contributed by atoms with Gasteiger partial charge in [-0.1, -0.05) is 30.3 Å². The number of aromatic nitrogens is 1. The molecule has 2 aromatic rings. The Bertz CT molecular complexity index is 589. The molecule has 0 aliphatic carbocycles. The maximum atomic E-state index is 6.06. The summed E-state index contributed by atoms with van der Waals surface area (Å²) in [6, 6.07) is 14.6. The molecule has 1 aromatic heterocycles. The van der Waals surface area contributed by atoms with Crippen molar-refractivity contribution in [3.63, 3.8) is 0 Å². The van der Waals surface area contributed by atoms with E-state index in [1.807, 2.05) is 19.1 Å². The zero-order valence-corrected chi connectivity index (χ0v) is 12.5. The van der Waals surface area contributed by atoms with Gasteiger partial charge in [-0.05, 0) is 24.6 Å². The van der Waals surface area contributed by atoms with E-state index >= 15 is 0 Å². The van der Waals surface area contributed by atoms with Crippen molar-refractivity contribution in [1.82, 2.24) is 9.88 Å². The SMILES string of the molecule is Cc1ccc(N)c(N2CCN(Cc3ccccc3)CC2)n1. The van der Waals surface area contributed by atoms with Crippen LogP contribution in [0, 0.1) is 6.92 Å². The molecule has 0 radical (unpaired) electrons. The van der Waals surface area contributed by atoms with Crippen LogP contribution in [-0.2, 0) is 6.54 Å². The Kier molecular flexibility index (Phi) is 4.06. The van der Waals surface area contributed by atoms with E-state index in [-0.39, 0.29) is 0 Å². The number of rotatable bonds is 3. The molecule has 0 amide bonds. The van der Waals surface area contributed by atoms with E-state index in [2.05, 4.69) is 45.1 Å². The Balaban J connectivity index is 1.61. The molecule has 4 nitrogen and oxygen atoms in total. The molecule has 0 spiro atoms. The Morgan fingerprint density at radius 3 is 2.43 bits per heavy atom. The molecule has 0 bridgehead atoms. The molecule has 21 heavy (non-hydrogen) atoms. The van der Waals surface area contributed by atoms with Gasteiger partial charge in [-0.15, -0.1) is 0 Å². The van der Waals surface area contributed by atoms with Gasteiger partial charge in [0.1, 0.15) is 0 Å². The smallest absolute Gasteiger partial charge is 0.152 e. The van der Waals surface area contributed by atoms with Gasteiger partial charge in [0.2, 0.25) is 0 Å². The number of pyridine rings is 1. The highest BCUT2D eigenvalue weighted by atomic mass is 15.3. The molecule has 2 heterocycles. The summed E-state index contributed by atoms with van der Waals surface area (Å²) in [5, 5.41) is 0. The second-order valence-corrected chi connectivity index (χ2v) is 5.61. The normalized spacial score (nSPS) is 16.1. The minimum atomic E-state index is 0.775. The first-order valence-corrected chi connectivity index (χ1v) is 7.47. The van der Waals surface area contributed by atoms with Crippen molar-refractivity contribution in [1.29, 1.82) is 0 Å². The van der Waals surface area contributed by atoms with Crippen LogP contribution < -0.4 is 10.6 Å². The zero-order valence-electron chi connectivity index (χ0n) is 12.5. The fourth-order valence-corrected chi connectivity index (χ4v) is 2.77. The third-order valence-electron chi connectivity index (χ3n) is 3.97. The van der Waals surface area contributed by atoms with Crippen LogP contribution in [0.5, 0.6) is 0 Å². The second kappa shape index (κ2) is 6.14. The first kappa shape index (κ1) is 13.9. The summed E-state index contributed by atoms with van der Waals surface area (Å²) in [5.74, 6) is 0.939. The topological polar surface area (TPSA) is 45.4 Å². The number of nitrogens with two attached hydrogens (primary N) is 1. The quantitative estimate of drug-likeness (QED) is 0.938. The third-order valence-corrected chi connectivity index (χ3v) is 3.97. The average Bonchev–Trinajstić information content (AvgIpc) is 2.52. The highest BCUT2D eigenvalue weighted by molar-refractivity contribution is 5.63. The van der Waals surface area contributed by atoms with Crippen LogP contribution in [0.2, 0.25) is 0 Å². The highest BCUT2D eigenvalue weighted by Crippen LogP contribution is 2.22. The van der Waals surface area contributed by atoms with Gasteiger partial charge in [0, 0.05) is 38.4 Å². The third kappa shape index (κ3) is 3.34. The molecule has 0 unspecified atom stereocenters. The summed E-state index contributed by atoms with van der Waals surface area (Å²) in [4.78, 5) is 9.37. The lowest BCUT2D eigenvalue weighted by atomic mass is 10.2. The van der Waals surface area contributed by atoms with Gasteiger partial charge in [-0.25, -0.2) is 4.98 Å². The zero-order chi connectivity index (χ0) is 14.7. The van der Waals surface area contributed by atoms with E-state index in [0.29, 0.717) is 0 Å². The first-order chi connectivity index (χ1) is 10.2. The van der Waals surface area contributed by atoms with Crippen LogP contribution in [-0.4, -0.2) is 36.1 Å². The number of anilines is 2. The van der Waals surface area contributed by atoms with Crippen LogP contribution in [0.15, 0.2) is 42.5 Å². The summed E-state index contributed by atoms with van der Waals surface area (Å²) in [6.07, 6.45) is 0. The summed E-state index contributed by atoms with van der Waals surface area (Å²) in [5.41, 5.74) is 9.23. The van der Waals surface area contributed by atoms with E-state index in [4.69, 9.17) is 5.73 Å². The van der Waals surface area contributed by atoms with Crippen molar-refractivity contribution in [2.24, 2.45) is 0 Å². The second-order valence-electron chi connectivity index (χ2n) is 5.61. The first-order valence-electron chi connectivity index (χ1n) is 7.47. The fourth-order valence-electron chi connectivity index (χ4n) is 2.77. The predicted molar refractivity (Wildman–Crippen MR) is 87.3 cm³/mol. The van der Waals surface area contributed by atoms with Crippen molar-refractivity contribution in [2.75, 3.05) is 36.8 Å². The number of aryl methyl sites for hydroxylation is 1. The maximum absolute atomic E-state index is 6.06. The Hall–Kier alpha value is -2.07. The number of hydrogen-bond donors (Lipinski definition) is 1. The molecule has 3 rings (SSSR count). The summed E-state index contributed by atoms with van der Waals surface area (Å²) >= 11 is 0. The van der Waals surface area contributed by atoms with Crippen molar-refractivity contribution in [3.8, 4) is 0 Å². The summed E-state index contributed by atoms with van der Waals surface area (Å²) < 4.78 is 0. The number of nitrogens with zero attached hydrogens (tertiary/aromatic N) is 3. The Labute approximate surface area is 126 Å². The minimum Gasteiger partial charge on any atom is -0.396 e. The van der Waals surface area contributed by atoms with Gasteiger partial charge in [0.25, 0.3) is 0 Å². The molecule has 1 aromatic carbocycles. The summed E-state index contributed by atoms with van der Waals surface area (Å²) in [6.45, 7) is 7.08. The number of benzene rings is 1. The molecule has 1 aliphatic rings. The molecular formula is C17H22N4. The standard InChI is InChI=1S/C17H22N4/c1-14-7-8-16(18)17(19-14)21-11-9-20(10-12-21)13-15-5-3-2-4-6-15/h2-8H,9-13,18H2,1H3. The number of piperazine rings is 1. The monoisotopic (exact) mass is 282 g/mol. The van der Waals surface area contributed by atoms with Gasteiger partial charge in [0.15, 0.2) is 5.82 Å². The molecule has 1 fully saturated rings. The molecule has 0 saturated carbocycles. The molecule has 0 atom stereocenters. The molecule has 110 valence electrons.